The highest BCUT2D eigenvalue weighted by Gasteiger charge is 2.10. The third-order valence-corrected chi connectivity index (χ3v) is 3.59. The van der Waals surface area contributed by atoms with Gasteiger partial charge in [-0.3, -0.25) is 0 Å². The quantitative estimate of drug-likeness (QED) is 0.810. The van der Waals surface area contributed by atoms with E-state index in [-0.39, 0.29) is 0 Å². The third-order valence-electron chi connectivity index (χ3n) is 3.26. The molecular weight excluding hydrogens is 270 g/mol. The van der Waals surface area contributed by atoms with Gasteiger partial charge in [0.1, 0.15) is 12.4 Å². The van der Waals surface area contributed by atoms with Crippen LogP contribution >= 0.6 is 11.6 Å². The van der Waals surface area contributed by atoms with Crippen LogP contribution in [0.3, 0.4) is 0 Å². The Labute approximate surface area is 125 Å². The summed E-state index contributed by atoms with van der Waals surface area (Å²) in [4.78, 5) is 0. The van der Waals surface area contributed by atoms with E-state index in [0.717, 1.165) is 33.1 Å². The first-order chi connectivity index (χ1) is 9.47. The van der Waals surface area contributed by atoms with Crippen LogP contribution in [-0.2, 0) is 6.61 Å². The maximum Gasteiger partial charge on any atom is 0.123 e. The van der Waals surface area contributed by atoms with Crippen LogP contribution in [0.2, 0.25) is 5.02 Å². The van der Waals surface area contributed by atoms with Gasteiger partial charge < -0.3 is 10.5 Å². The molecule has 0 aliphatic carbocycles. The summed E-state index contributed by atoms with van der Waals surface area (Å²) in [7, 11) is 0. The topological polar surface area (TPSA) is 35.2 Å². The maximum atomic E-state index is 6.26. The standard InChI is InChI=1S/C17H20ClNO/c1-11(2)15-9-17(12(3)7-16(15)18)20-10-13-5-4-6-14(19)8-13/h4-9,11H,10,19H2,1-3H3. The minimum Gasteiger partial charge on any atom is -0.489 e. The highest BCUT2D eigenvalue weighted by atomic mass is 35.5. The second kappa shape index (κ2) is 6.19. The maximum absolute atomic E-state index is 6.26. The zero-order chi connectivity index (χ0) is 14.7. The molecule has 0 unspecified atom stereocenters. The SMILES string of the molecule is Cc1cc(Cl)c(C(C)C)cc1OCc1cccc(N)c1. The van der Waals surface area contributed by atoms with E-state index < -0.39 is 0 Å². The molecule has 2 N–H and O–H groups in total. The summed E-state index contributed by atoms with van der Waals surface area (Å²) in [5, 5.41) is 0.800. The summed E-state index contributed by atoms with van der Waals surface area (Å²) in [5.41, 5.74) is 9.74. The number of rotatable bonds is 4. The predicted octanol–water partition coefficient (Wildman–Crippen LogP) is 4.93. The zero-order valence-electron chi connectivity index (χ0n) is 12.1. The van der Waals surface area contributed by atoms with Crippen molar-refractivity contribution in [1.82, 2.24) is 0 Å². The van der Waals surface area contributed by atoms with Gasteiger partial charge >= 0.3 is 0 Å². The molecule has 0 fully saturated rings. The van der Waals surface area contributed by atoms with Gasteiger partial charge in [0.2, 0.25) is 0 Å². The van der Waals surface area contributed by atoms with Gasteiger partial charge in [-0.2, -0.15) is 0 Å². The first-order valence-electron chi connectivity index (χ1n) is 6.74. The van der Waals surface area contributed by atoms with Crippen LogP contribution in [0.5, 0.6) is 5.75 Å². The van der Waals surface area contributed by atoms with Crippen LogP contribution in [0.4, 0.5) is 5.69 Å². The fraction of sp³-hybridized carbons (Fsp3) is 0.294. The Hall–Kier alpha value is -1.67. The monoisotopic (exact) mass is 289 g/mol. The molecule has 3 heteroatoms. The molecule has 2 aromatic rings. The lowest BCUT2D eigenvalue weighted by atomic mass is 10.0. The van der Waals surface area contributed by atoms with Crippen molar-refractivity contribution in [3.05, 3.63) is 58.1 Å². The van der Waals surface area contributed by atoms with Gasteiger partial charge in [0.15, 0.2) is 0 Å². The molecule has 0 aromatic heterocycles. The van der Waals surface area contributed by atoms with E-state index in [1.807, 2.05) is 43.3 Å². The normalized spacial score (nSPS) is 10.8. The number of benzene rings is 2. The molecule has 0 aliphatic heterocycles. The number of hydrogen-bond donors (Lipinski definition) is 1. The molecule has 0 amide bonds. The van der Waals surface area contributed by atoms with E-state index in [1.165, 1.54) is 0 Å². The molecule has 2 rings (SSSR count). The van der Waals surface area contributed by atoms with Crippen molar-refractivity contribution >= 4 is 17.3 Å². The average molecular weight is 290 g/mol. The van der Waals surface area contributed by atoms with Gasteiger partial charge in [0.05, 0.1) is 0 Å². The predicted molar refractivity (Wildman–Crippen MR) is 85.5 cm³/mol. The van der Waals surface area contributed by atoms with Crippen LogP contribution in [0.1, 0.15) is 36.5 Å². The number of aryl methyl sites for hydroxylation is 1. The smallest absolute Gasteiger partial charge is 0.123 e. The van der Waals surface area contributed by atoms with Gasteiger partial charge in [-0.05, 0) is 53.8 Å². The third kappa shape index (κ3) is 3.45. The summed E-state index contributed by atoms with van der Waals surface area (Å²) >= 11 is 6.26. The number of halogens is 1. The van der Waals surface area contributed by atoms with Gasteiger partial charge in [0.25, 0.3) is 0 Å². The number of nitrogens with two attached hydrogens (primary N) is 1. The second-order valence-electron chi connectivity index (χ2n) is 5.33. The van der Waals surface area contributed by atoms with Crippen molar-refractivity contribution in [1.29, 1.82) is 0 Å². The van der Waals surface area contributed by atoms with Gasteiger partial charge in [0, 0.05) is 10.7 Å². The second-order valence-corrected chi connectivity index (χ2v) is 5.73. The highest BCUT2D eigenvalue weighted by molar-refractivity contribution is 6.31. The van der Waals surface area contributed by atoms with Crippen LogP contribution < -0.4 is 10.5 Å². The van der Waals surface area contributed by atoms with Crippen molar-refractivity contribution in [2.24, 2.45) is 0 Å². The molecule has 0 bridgehead atoms. The van der Waals surface area contributed by atoms with Crippen LogP contribution in [0.15, 0.2) is 36.4 Å². The number of hydrogen-bond acceptors (Lipinski definition) is 2. The first-order valence-corrected chi connectivity index (χ1v) is 7.12. The molecule has 20 heavy (non-hydrogen) atoms. The van der Waals surface area contributed by atoms with Crippen molar-refractivity contribution in [3.63, 3.8) is 0 Å². The minimum atomic E-state index is 0.373. The Morgan fingerprint density at radius 2 is 1.95 bits per heavy atom. The first kappa shape index (κ1) is 14.7. The fourth-order valence-corrected chi connectivity index (χ4v) is 2.55. The van der Waals surface area contributed by atoms with E-state index in [1.54, 1.807) is 0 Å². The Morgan fingerprint density at radius 1 is 1.20 bits per heavy atom. The molecule has 0 radical (unpaired) electrons. The summed E-state index contributed by atoms with van der Waals surface area (Å²) in [5.74, 6) is 1.25. The summed E-state index contributed by atoms with van der Waals surface area (Å²) in [6, 6.07) is 11.7. The van der Waals surface area contributed by atoms with E-state index in [2.05, 4.69) is 13.8 Å². The lowest BCUT2D eigenvalue weighted by Gasteiger charge is -2.15. The van der Waals surface area contributed by atoms with Crippen LogP contribution in [0.25, 0.3) is 0 Å². The highest BCUT2D eigenvalue weighted by Crippen LogP contribution is 2.31. The Bertz CT molecular complexity index is 608. The van der Waals surface area contributed by atoms with Crippen molar-refractivity contribution in [3.8, 4) is 5.75 Å². The number of nitrogen functional groups attached to an aromatic ring is 1. The molecule has 2 nitrogen and oxygen atoms in total. The van der Waals surface area contributed by atoms with Crippen molar-refractivity contribution in [2.45, 2.75) is 33.3 Å². The molecule has 2 aromatic carbocycles. The molecule has 0 saturated heterocycles. The van der Waals surface area contributed by atoms with Gasteiger partial charge in [-0.15, -0.1) is 0 Å². The van der Waals surface area contributed by atoms with Crippen LogP contribution in [0, 0.1) is 6.92 Å². The van der Waals surface area contributed by atoms with E-state index in [4.69, 9.17) is 22.1 Å². The molecule has 0 saturated carbocycles. The summed E-state index contributed by atoms with van der Waals surface area (Å²) in [6.45, 7) is 6.76. The van der Waals surface area contributed by atoms with E-state index in [0.29, 0.717) is 12.5 Å². The van der Waals surface area contributed by atoms with Crippen LogP contribution in [-0.4, -0.2) is 0 Å². The Kier molecular flexibility index (Phi) is 4.56. The van der Waals surface area contributed by atoms with E-state index >= 15 is 0 Å². The largest absolute Gasteiger partial charge is 0.489 e. The molecular formula is C17H20ClNO. The number of ether oxygens (including phenoxy) is 1. The lowest BCUT2D eigenvalue weighted by molar-refractivity contribution is 0.304. The van der Waals surface area contributed by atoms with E-state index in [9.17, 15) is 0 Å². The molecule has 0 heterocycles. The van der Waals surface area contributed by atoms with Gasteiger partial charge in [-0.1, -0.05) is 37.6 Å². The summed E-state index contributed by atoms with van der Waals surface area (Å²) < 4.78 is 5.91. The average Bonchev–Trinajstić information content (AvgIpc) is 2.37. The zero-order valence-corrected chi connectivity index (χ0v) is 12.9. The molecule has 0 aliphatic rings. The molecule has 0 spiro atoms. The molecule has 106 valence electrons. The summed E-state index contributed by atoms with van der Waals surface area (Å²) in [6.07, 6.45) is 0. The Balaban J connectivity index is 2.19. The fourth-order valence-electron chi connectivity index (χ4n) is 2.11. The van der Waals surface area contributed by atoms with Gasteiger partial charge in [-0.25, -0.2) is 0 Å². The molecule has 0 atom stereocenters. The lowest BCUT2D eigenvalue weighted by Crippen LogP contribution is -2.00. The Morgan fingerprint density at radius 3 is 2.60 bits per heavy atom. The minimum absolute atomic E-state index is 0.373. The van der Waals surface area contributed by atoms with Crippen molar-refractivity contribution in [2.75, 3.05) is 5.73 Å². The number of anilines is 1. The van der Waals surface area contributed by atoms with Crippen molar-refractivity contribution < 1.29 is 4.74 Å².